The Morgan fingerprint density at radius 3 is 2.27 bits per heavy atom. The van der Waals surface area contributed by atoms with Gasteiger partial charge in [0.1, 0.15) is 11.8 Å². The summed E-state index contributed by atoms with van der Waals surface area (Å²) in [6.45, 7) is 10.2. The Hall–Kier alpha value is -2.82. The number of hydrogen-bond donors (Lipinski definition) is 1. The van der Waals surface area contributed by atoms with Crippen molar-refractivity contribution in [2.75, 3.05) is 7.11 Å². The molecule has 0 aliphatic heterocycles. The zero-order valence-electron chi connectivity index (χ0n) is 19.0. The van der Waals surface area contributed by atoms with Gasteiger partial charge in [0.05, 0.1) is 13.5 Å². The molecule has 0 radical (unpaired) electrons. The van der Waals surface area contributed by atoms with Crippen molar-refractivity contribution in [3.05, 3.63) is 65.2 Å². The lowest BCUT2D eigenvalue weighted by molar-refractivity contribution is -0.141. The first-order valence-electron chi connectivity index (χ1n) is 10.4. The van der Waals surface area contributed by atoms with Crippen LogP contribution >= 0.6 is 0 Å². The smallest absolute Gasteiger partial charge is 0.243 e. The van der Waals surface area contributed by atoms with Crippen LogP contribution in [0.3, 0.4) is 0 Å². The molecule has 0 saturated carbocycles. The highest BCUT2D eigenvalue weighted by atomic mass is 16.5. The molecule has 1 N–H and O–H groups in total. The van der Waals surface area contributed by atoms with Crippen molar-refractivity contribution in [2.24, 2.45) is 0 Å². The van der Waals surface area contributed by atoms with Crippen LogP contribution in [-0.4, -0.2) is 35.4 Å². The fourth-order valence-corrected chi connectivity index (χ4v) is 3.40. The third-order valence-electron chi connectivity index (χ3n) is 4.83. The third-order valence-corrected chi connectivity index (χ3v) is 4.83. The highest BCUT2D eigenvalue weighted by Gasteiger charge is 2.30. The summed E-state index contributed by atoms with van der Waals surface area (Å²) in [7, 11) is 1.61. The molecule has 5 nitrogen and oxygen atoms in total. The van der Waals surface area contributed by atoms with Crippen LogP contribution in [0, 0.1) is 6.92 Å². The molecule has 162 valence electrons. The maximum Gasteiger partial charge on any atom is 0.243 e. The second-order valence-electron chi connectivity index (χ2n) is 8.70. The molecule has 1 atom stereocenters. The molecule has 0 aromatic heterocycles. The topological polar surface area (TPSA) is 58.6 Å². The number of nitrogens with one attached hydrogen (secondary N) is 1. The molecule has 0 bridgehead atoms. The molecule has 1 unspecified atom stereocenters. The Kier molecular flexibility index (Phi) is 8.04. The monoisotopic (exact) mass is 410 g/mol. The maximum absolute atomic E-state index is 13.3. The summed E-state index contributed by atoms with van der Waals surface area (Å²) in [6.07, 6.45) is 0.775. The van der Waals surface area contributed by atoms with E-state index in [-0.39, 0.29) is 23.8 Å². The van der Waals surface area contributed by atoms with Gasteiger partial charge in [0.15, 0.2) is 0 Å². The van der Waals surface area contributed by atoms with Gasteiger partial charge in [-0.15, -0.1) is 0 Å². The SMILES string of the molecule is CCC(C(=O)NC(C)(C)C)N(Cc1cccc(C)c1)C(=O)Cc1ccc(OC)cc1. The molecule has 2 aromatic carbocycles. The van der Waals surface area contributed by atoms with Crippen LogP contribution in [0.2, 0.25) is 0 Å². The normalized spacial score (nSPS) is 12.2. The molecule has 2 amide bonds. The average Bonchev–Trinajstić information content (AvgIpc) is 2.67. The minimum absolute atomic E-state index is 0.0717. The van der Waals surface area contributed by atoms with Crippen LogP contribution in [0.4, 0.5) is 0 Å². The van der Waals surface area contributed by atoms with Gasteiger partial charge in [-0.05, 0) is 57.4 Å². The van der Waals surface area contributed by atoms with E-state index >= 15 is 0 Å². The van der Waals surface area contributed by atoms with Gasteiger partial charge < -0.3 is 15.0 Å². The Labute approximate surface area is 180 Å². The molecule has 0 heterocycles. The second kappa shape index (κ2) is 10.3. The lowest BCUT2D eigenvalue weighted by Gasteiger charge is -2.33. The summed E-state index contributed by atoms with van der Waals surface area (Å²) in [4.78, 5) is 28.1. The molecule has 0 saturated heterocycles. The zero-order chi connectivity index (χ0) is 22.3. The van der Waals surface area contributed by atoms with Gasteiger partial charge in [0.25, 0.3) is 0 Å². The summed E-state index contributed by atoms with van der Waals surface area (Å²) in [6, 6.07) is 15.0. The fraction of sp³-hybridized carbons (Fsp3) is 0.440. The van der Waals surface area contributed by atoms with E-state index in [9.17, 15) is 9.59 Å². The third kappa shape index (κ3) is 6.90. The van der Waals surface area contributed by atoms with E-state index < -0.39 is 6.04 Å². The van der Waals surface area contributed by atoms with Crippen molar-refractivity contribution in [1.29, 1.82) is 0 Å². The standard InChI is InChI=1S/C25H34N2O3/c1-7-22(24(29)26-25(3,4)5)27(17-20-10-8-9-18(2)15-20)23(28)16-19-11-13-21(30-6)14-12-19/h8-15,22H,7,16-17H2,1-6H3,(H,26,29). The van der Waals surface area contributed by atoms with Gasteiger partial charge in [0, 0.05) is 12.1 Å². The second-order valence-corrected chi connectivity index (χ2v) is 8.70. The Morgan fingerprint density at radius 1 is 1.07 bits per heavy atom. The van der Waals surface area contributed by atoms with E-state index in [1.54, 1.807) is 12.0 Å². The first kappa shape index (κ1) is 23.5. The van der Waals surface area contributed by atoms with Crippen LogP contribution < -0.4 is 10.1 Å². The van der Waals surface area contributed by atoms with Crippen LogP contribution in [0.15, 0.2) is 48.5 Å². The number of amides is 2. The van der Waals surface area contributed by atoms with Crippen LogP contribution in [0.25, 0.3) is 0 Å². The van der Waals surface area contributed by atoms with Crippen LogP contribution in [-0.2, 0) is 22.6 Å². The van der Waals surface area contributed by atoms with E-state index in [1.165, 1.54) is 0 Å². The Bertz CT molecular complexity index is 853. The van der Waals surface area contributed by atoms with Gasteiger partial charge in [-0.25, -0.2) is 0 Å². The average molecular weight is 411 g/mol. The van der Waals surface area contributed by atoms with Crippen molar-refractivity contribution in [3.8, 4) is 5.75 Å². The van der Waals surface area contributed by atoms with Crippen LogP contribution in [0.1, 0.15) is 50.8 Å². The van der Waals surface area contributed by atoms with Gasteiger partial charge in [0.2, 0.25) is 11.8 Å². The van der Waals surface area contributed by atoms with E-state index in [1.807, 2.05) is 77.1 Å². The summed E-state index contributed by atoms with van der Waals surface area (Å²) in [5, 5.41) is 3.03. The van der Waals surface area contributed by atoms with E-state index in [0.29, 0.717) is 13.0 Å². The summed E-state index contributed by atoms with van der Waals surface area (Å²) < 4.78 is 5.20. The predicted molar refractivity (Wildman–Crippen MR) is 120 cm³/mol. The first-order chi connectivity index (χ1) is 14.1. The lowest BCUT2D eigenvalue weighted by atomic mass is 10.0. The number of methoxy groups -OCH3 is 1. The van der Waals surface area contributed by atoms with Crippen molar-refractivity contribution in [3.63, 3.8) is 0 Å². The molecular formula is C25H34N2O3. The molecule has 2 aromatic rings. The molecule has 0 fully saturated rings. The largest absolute Gasteiger partial charge is 0.497 e. The highest BCUT2D eigenvalue weighted by molar-refractivity contribution is 5.88. The van der Waals surface area contributed by atoms with E-state index in [2.05, 4.69) is 11.4 Å². The van der Waals surface area contributed by atoms with Crippen LogP contribution in [0.5, 0.6) is 5.75 Å². The number of nitrogens with zero attached hydrogens (tertiary/aromatic N) is 1. The number of aryl methyl sites for hydroxylation is 1. The minimum atomic E-state index is -0.532. The summed E-state index contributed by atoms with van der Waals surface area (Å²) >= 11 is 0. The molecule has 2 rings (SSSR count). The van der Waals surface area contributed by atoms with E-state index in [0.717, 1.165) is 22.4 Å². The summed E-state index contributed by atoms with van der Waals surface area (Å²) in [5.74, 6) is 0.553. The number of ether oxygens (including phenoxy) is 1. The van der Waals surface area contributed by atoms with Crippen molar-refractivity contribution in [2.45, 2.75) is 65.6 Å². The fourth-order valence-electron chi connectivity index (χ4n) is 3.40. The maximum atomic E-state index is 13.3. The number of benzene rings is 2. The predicted octanol–water partition coefficient (Wildman–Crippen LogP) is 4.27. The number of carbonyl (C=O) groups excluding carboxylic acids is 2. The van der Waals surface area contributed by atoms with Crippen molar-refractivity contribution < 1.29 is 14.3 Å². The van der Waals surface area contributed by atoms with Gasteiger partial charge in [-0.2, -0.15) is 0 Å². The molecule has 0 aliphatic rings. The first-order valence-corrected chi connectivity index (χ1v) is 10.4. The molecular weight excluding hydrogens is 376 g/mol. The zero-order valence-corrected chi connectivity index (χ0v) is 19.0. The molecule has 0 aliphatic carbocycles. The van der Waals surface area contributed by atoms with Crippen molar-refractivity contribution in [1.82, 2.24) is 10.2 Å². The lowest BCUT2D eigenvalue weighted by Crippen LogP contribution is -2.53. The molecule has 30 heavy (non-hydrogen) atoms. The van der Waals surface area contributed by atoms with E-state index in [4.69, 9.17) is 4.74 Å². The summed E-state index contributed by atoms with van der Waals surface area (Å²) in [5.41, 5.74) is 2.67. The quantitative estimate of drug-likeness (QED) is 0.707. The Balaban J connectivity index is 2.30. The number of carbonyl (C=O) groups is 2. The van der Waals surface area contributed by atoms with Crippen molar-refractivity contribution >= 4 is 11.8 Å². The van der Waals surface area contributed by atoms with Gasteiger partial charge in [-0.1, -0.05) is 48.9 Å². The minimum Gasteiger partial charge on any atom is -0.497 e. The van der Waals surface area contributed by atoms with Gasteiger partial charge in [-0.3, -0.25) is 9.59 Å². The number of rotatable bonds is 8. The van der Waals surface area contributed by atoms with Gasteiger partial charge >= 0.3 is 0 Å². The number of hydrogen-bond acceptors (Lipinski definition) is 3. The molecule has 0 spiro atoms. The Morgan fingerprint density at radius 2 is 1.73 bits per heavy atom. The highest BCUT2D eigenvalue weighted by Crippen LogP contribution is 2.18. The molecule has 5 heteroatoms.